The van der Waals surface area contributed by atoms with Crippen molar-refractivity contribution in [3.63, 3.8) is 0 Å². The fraction of sp³-hybridized carbons (Fsp3) is 0.625. The van der Waals surface area contributed by atoms with Gasteiger partial charge in [0.2, 0.25) is 0 Å². The molecule has 1 unspecified atom stereocenters. The van der Waals surface area contributed by atoms with Crippen molar-refractivity contribution in [2.75, 3.05) is 12.4 Å². The van der Waals surface area contributed by atoms with E-state index in [0.717, 1.165) is 5.82 Å². The quantitative estimate of drug-likeness (QED) is 0.858. The average molecular weight is 276 g/mol. The molecule has 1 aliphatic carbocycles. The number of rotatable bonds is 3. The molecule has 1 atom stereocenters. The van der Waals surface area contributed by atoms with Gasteiger partial charge < -0.3 is 10.1 Å². The molecule has 4 nitrogen and oxygen atoms in total. The van der Waals surface area contributed by atoms with Crippen molar-refractivity contribution in [2.24, 2.45) is 5.41 Å². The van der Waals surface area contributed by atoms with Gasteiger partial charge in [-0.2, -0.15) is 0 Å². The maximum atomic E-state index is 11.6. The molecular weight excluding hydrogens is 252 g/mol. The third kappa shape index (κ3) is 3.11. The Balaban J connectivity index is 2.14. The van der Waals surface area contributed by atoms with Crippen LogP contribution < -0.4 is 5.32 Å². The van der Waals surface area contributed by atoms with Crippen LogP contribution in [0.4, 0.5) is 5.82 Å². The molecule has 1 heterocycles. The van der Waals surface area contributed by atoms with Crippen LogP contribution in [0.2, 0.25) is 0 Å². The molecule has 0 spiro atoms. The Hall–Kier alpha value is -1.58. The average Bonchev–Trinajstić information content (AvgIpc) is 2.40. The number of ether oxygens (including phenoxy) is 1. The van der Waals surface area contributed by atoms with Crippen LogP contribution in [-0.2, 0) is 4.74 Å². The van der Waals surface area contributed by atoms with Gasteiger partial charge in [-0.25, -0.2) is 9.78 Å². The van der Waals surface area contributed by atoms with E-state index in [4.69, 9.17) is 4.74 Å². The molecule has 1 aromatic rings. The lowest BCUT2D eigenvalue weighted by atomic mass is 9.73. The van der Waals surface area contributed by atoms with Gasteiger partial charge in [0.15, 0.2) is 0 Å². The topological polar surface area (TPSA) is 51.2 Å². The molecule has 1 saturated carbocycles. The van der Waals surface area contributed by atoms with E-state index in [1.165, 1.54) is 32.8 Å². The molecule has 1 N–H and O–H groups in total. The zero-order chi connectivity index (χ0) is 14.8. The van der Waals surface area contributed by atoms with Gasteiger partial charge in [0.25, 0.3) is 0 Å². The van der Waals surface area contributed by atoms with Crippen LogP contribution in [0.15, 0.2) is 12.1 Å². The van der Waals surface area contributed by atoms with Gasteiger partial charge in [-0.1, -0.05) is 26.7 Å². The van der Waals surface area contributed by atoms with Crippen molar-refractivity contribution < 1.29 is 9.53 Å². The molecule has 1 aliphatic rings. The van der Waals surface area contributed by atoms with Crippen molar-refractivity contribution in [1.82, 2.24) is 4.98 Å². The second kappa shape index (κ2) is 5.81. The third-order valence-electron chi connectivity index (χ3n) is 4.32. The first-order valence-corrected chi connectivity index (χ1v) is 7.26. The van der Waals surface area contributed by atoms with E-state index in [-0.39, 0.29) is 11.4 Å². The molecule has 110 valence electrons. The summed E-state index contributed by atoms with van der Waals surface area (Å²) in [6.45, 7) is 6.45. The summed E-state index contributed by atoms with van der Waals surface area (Å²) in [6.07, 6.45) is 4.98. The Labute approximate surface area is 120 Å². The highest BCUT2D eigenvalue weighted by molar-refractivity contribution is 5.90. The Bertz CT molecular complexity index is 497. The first-order chi connectivity index (χ1) is 9.44. The Morgan fingerprint density at radius 1 is 1.40 bits per heavy atom. The fourth-order valence-electron chi connectivity index (χ4n) is 2.91. The first-order valence-electron chi connectivity index (χ1n) is 7.26. The number of carbonyl (C=O) groups is 1. The number of hydrogen-bond acceptors (Lipinski definition) is 4. The molecule has 0 saturated heterocycles. The standard InChI is InChI=1S/C16H24N2O2/c1-11-12(15(19)20-4)8-9-14(17-11)18-13-7-5-6-10-16(13,2)3/h8-9,13H,5-7,10H2,1-4H3,(H,17,18). The highest BCUT2D eigenvalue weighted by atomic mass is 16.5. The van der Waals surface area contributed by atoms with E-state index in [1.54, 1.807) is 6.07 Å². The number of carbonyl (C=O) groups excluding carboxylic acids is 1. The number of nitrogens with zero attached hydrogens (tertiary/aromatic N) is 1. The summed E-state index contributed by atoms with van der Waals surface area (Å²) in [7, 11) is 1.39. The fourth-order valence-corrected chi connectivity index (χ4v) is 2.91. The Morgan fingerprint density at radius 2 is 2.15 bits per heavy atom. The lowest BCUT2D eigenvalue weighted by Gasteiger charge is -2.39. The summed E-state index contributed by atoms with van der Waals surface area (Å²) in [5, 5.41) is 3.53. The van der Waals surface area contributed by atoms with Gasteiger partial charge >= 0.3 is 5.97 Å². The van der Waals surface area contributed by atoms with E-state index in [9.17, 15) is 4.79 Å². The highest BCUT2D eigenvalue weighted by Crippen LogP contribution is 2.37. The maximum Gasteiger partial charge on any atom is 0.339 e. The van der Waals surface area contributed by atoms with Crippen molar-refractivity contribution in [2.45, 2.75) is 52.5 Å². The van der Waals surface area contributed by atoms with Crippen LogP contribution >= 0.6 is 0 Å². The van der Waals surface area contributed by atoms with Gasteiger partial charge in [0, 0.05) is 6.04 Å². The molecular formula is C16H24N2O2. The zero-order valence-corrected chi connectivity index (χ0v) is 12.8. The van der Waals surface area contributed by atoms with Crippen LogP contribution in [0, 0.1) is 12.3 Å². The molecule has 0 aliphatic heterocycles. The predicted molar refractivity (Wildman–Crippen MR) is 80.0 cm³/mol. The summed E-state index contributed by atoms with van der Waals surface area (Å²) in [6, 6.07) is 4.09. The Kier molecular flexibility index (Phi) is 4.31. The van der Waals surface area contributed by atoms with Crippen LogP contribution in [0.1, 0.15) is 55.6 Å². The lowest BCUT2D eigenvalue weighted by Crippen LogP contribution is -2.39. The van der Waals surface area contributed by atoms with E-state index >= 15 is 0 Å². The van der Waals surface area contributed by atoms with Crippen molar-refractivity contribution >= 4 is 11.8 Å². The van der Waals surface area contributed by atoms with Crippen molar-refractivity contribution in [3.05, 3.63) is 23.4 Å². The molecule has 1 fully saturated rings. The largest absolute Gasteiger partial charge is 0.465 e. The minimum atomic E-state index is -0.334. The van der Waals surface area contributed by atoms with Crippen LogP contribution in [0.3, 0.4) is 0 Å². The molecule has 1 aromatic heterocycles. The molecule has 20 heavy (non-hydrogen) atoms. The summed E-state index contributed by atoms with van der Waals surface area (Å²) in [4.78, 5) is 16.0. The zero-order valence-electron chi connectivity index (χ0n) is 12.8. The number of pyridine rings is 1. The maximum absolute atomic E-state index is 11.6. The van der Waals surface area contributed by atoms with Crippen molar-refractivity contribution in [1.29, 1.82) is 0 Å². The van der Waals surface area contributed by atoms with E-state index < -0.39 is 0 Å². The molecule has 0 bridgehead atoms. The van der Waals surface area contributed by atoms with E-state index in [2.05, 4.69) is 24.1 Å². The van der Waals surface area contributed by atoms with Crippen LogP contribution in [0.5, 0.6) is 0 Å². The first kappa shape index (κ1) is 14.8. The number of aryl methyl sites for hydroxylation is 1. The second-order valence-electron chi connectivity index (χ2n) is 6.25. The molecule has 0 radical (unpaired) electrons. The number of aromatic nitrogens is 1. The minimum Gasteiger partial charge on any atom is -0.465 e. The van der Waals surface area contributed by atoms with E-state index in [0.29, 0.717) is 17.3 Å². The number of anilines is 1. The van der Waals surface area contributed by atoms with Gasteiger partial charge in [-0.05, 0) is 37.3 Å². The molecule has 4 heteroatoms. The number of methoxy groups -OCH3 is 1. The summed E-state index contributed by atoms with van der Waals surface area (Å²) in [5.74, 6) is 0.509. The SMILES string of the molecule is COC(=O)c1ccc(NC2CCCCC2(C)C)nc1C. The second-order valence-corrected chi connectivity index (χ2v) is 6.25. The number of hydrogen-bond donors (Lipinski definition) is 1. The number of esters is 1. The van der Waals surface area contributed by atoms with Gasteiger partial charge in [0.05, 0.1) is 18.4 Å². The predicted octanol–water partition coefficient (Wildman–Crippen LogP) is 3.56. The van der Waals surface area contributed by atoms with Crippen LogP contribution in [-0.4, -0.2) is 24.1 Å². The van der Waals surface area contributed by atoms with Gasteiger partial charge in [-0.15, -0.1) is 0 Å². The third-order valence-corrected chi connectivity index (χ3v) is 4.32. The van der Waals surface area contributed by atoms with Gasteiger partial charge in [0.1, 0.15) is 5.82 Å². The van der Waals surface area contributed by atoms with Crippen LogP contribution in [0.25, 0.3) is 0 Å². The minimum absolute atomic E-state index is 0.287. The number of nitrogens with one attached hydrogen (secondary N) is 1. The van der Waals surface area contributed by atoms with Crippen molar-refractivity contribution in [3.8, 4) is 0 Å². The van der Waals surface area contributed by atoms with E-state index in [1.807, 2.05) is 13.0 Å². The lowest BCUT2D eigenvalue weighted by molar-refractivity contribution is 0.0599. The molecule has 0 amide bonds. The summed E-state index contributed by atoms with van der Waals surface area (Å²) in [5.41, 5.74) is 1.52. The Morgan fingerprint density at radius 3 is 2.75 bits per heavy atom. The normalized spacial score (nSPS) is 21.3. The molecule has 2 rings (SSSR count). The molecule has 0 aromatic carbocycles. The summed E-state index contributed by atoms with van der Waals surface area (Å²) >= 11 is 0. The highest BCUT2D eigenvalue weighted by Gasteiger charge is 2.32. The van der Waals surface area contributed by atoms with Gasteiger partial charge in [-0.3, -0.25) is 0 Å². The summed E-state index contributed by atoms with van der Waals surface area (Å²) < 4.78 is 4.74. The monoisotopic (exact) mass is 276 g/mol. The smallest absolute Gasteiger partial charge is 0.339 e.